The molecule has 172 valence electrons. The summed E-state index contributed by atoms with van der Waals surface area (Å²) < 4.78 is 19.4. The van der Waals surface area contributed by atoms with Crippen molar-refractivity contribution >= 4 is 23.0 Å². The number of rotatable bonds is 9. The third-order valence-corrected chi connectivity index (χ3v) is 5.65. The van der Waals surface area contributed by atoms with E-state index in [-0.39, 0.29) is 23.8 Å². The molecule has 1 fully saturated rings. The van der Waals surface area contributed by atoms with Crippen LogP contribution in [0.25, 0.3) is 11.2 Å². The fourth-order valence-corrected chi connectivity index (χ4v) is 3.96. The van der Waals surface area contributed by atoms with E-state index in [1.165, 1.54) is 0 Å². The molecule has 1 saturated heterocycles. The number of imidazole rings is 1. The number of amides is 1. The topological polar surface area (TPSA) is 149 Å². The van der Waals surface area contributed by atoms with Crippen molar-refractivity contribution in [1.82, 2.24) is 19.4 Å². The zero-order valence-corrected chi connectivity index (χ0v) is 18.3. The average Bonchev–Trinajstić information content (AvgIpc) is 3.18. The molecule has 0 radical (unpaired) electrons. The molecule has 12 heteroatoms. The van der Waals surface area contributed by atoms with Gasteiger partial charge in [-0.3, -0.25) is 19.1 Å². The fraction of sp³-hybridized carbons (Fsp3) is 0.684. The minimum atomic E-state index is -0.983. The predicted molar refractivity (Wildman–Crippen MR) is 110 cm³/mol. The lowest BCUT2D eigenvalue weighted by Crippen LogP contribution is -2.46. The van der Waals surface area contributed by atoms with Crippen molar-refractivity contribution in [2.45, 2.75) is 31.8 Å². The lowest BCUT2D eigenvalue weighted by atomic mass is 9.94. The number of ether oxygens (including phenoxy) is 3. The van der Waals surface area contributed by atoms with Gasteiger partial charge in [0.05, 0.1) is 26.4 Å². The Morgan fingerprint density at radius 1 is 1.39 bits per heavy atom. The Labute approximate surface area is 179 Å². The van der Waals surface area contributed by atoms with Gasteiger partial charge < -0.3 is 30.0 Å². The first-order chi connectivity index (χ1) is 14.8. The molecule has 4 atom stereocenters. The number of fused-ring (bicyclic) bond motifs is 1. The number of carbonyl (C=O) groups is 1. The van der Waals surface area contributed by atoms with Gasteiger partial charge >= 0.3 is 5.65 Å². The maximum atomic E-state index is 12.9. The fourth-order valence-electron chi connectivity index (χ4n) is 3.96. The molecular formula is C19H31N6O6+. The highest BCUT2D eigenvalue weighted by Gasteiger charge is 2.46. The summed E-state index contributed by atoms with van der Waals surface area (Å²) >= 11 is 0. The number of methoxy groups -OCH3 is 2. The van der Waals surface area contributed by atoms with E-state index in [0.29, 0.717) is 37.5 Å². The second-order valence-electron chi connectivity index (χ2n) is 7.71. The SMILES string of the molecule is COCCN(CCOC)C(=O)C[C@@H]1[C@@H](C)OC([n+]2cn(C)c3c(=O)[nH]c(N)nc32)[C@@H]1O. The molecular weight excluding hydrogens is 408 g/mol. The van der Waals surface area contributed by atoms with E-state index in [1.54, 1.807) is 41.6 Å². The Morgan fingerprint density at radius 3 is 2.65 bits per heavy atom. The number of aliphatic hydroxyl groups is 1. The smallest absolute Gasteiger partial charge is 0.313 e. The number of nitrogens with zero attached hydrogens (tertiary/aromatic N) is 4. The number of carbonyl (C=O) groups excluding carboxylic acids is 1. The number of aromatic nitrogens is 4. The Bertz CT molecular complexity index is 967. The van der Waals surface area contributed by atoms with E-state index in [0.717, 1.165) is 0 Å². The van der Waals surface area contributed by atoms with Gasteiger partial charge in [-0.15, -0.1) is 0 Å². The first-order valence-corrected chi connectivity index (χ1v) is 10.1. The Kier molecular flexibility index (Phi) is 7.26. The van der Waals surface area contributed by atoms with Crippen LogP contribution in [0, 0.1) is 5.92 Å². The van der Waals surface area contributed by atoms with Gasteiger partial charge in [0, 0.05) is 39.6 Å². The summed E-state index contributed by atoms with van der Waals surface area (Å²) in [5.74, 6) is -0.584. The lowest BCUT2D eigenvalue weighted by Gasteiger charge is -2.25. The van der Waals surface area contributed by atoms with Gasteiger partial charge in [-0.25, -0.2) is 4.57 Å². The Hall–Kier alpha value is -2.54. The van der Waals surface area contributed by atoms with E-state index >= 15 is 0 Å². The number of nitrogens with two attached hydrogens (primary N) is 1. The molecule has 3 heterocycles. The third-order valence-electron chi connectivity index (χ3n) is 5.65. The Balaban J connectivity index is 1.82. The van der Waals surface area contributed by atoms with Crippen LogP contribution in [-0.2, 0) is 26.1 Å². The molecule has 4 N–H and O–H groups in total. The third kappa shape index (κ3) is 4.71. The molecule has 0 aliphatic carbocycles. The maximum Gasteiger partial charge on any atom is 0.313 e. The molecule has 31 heavy (non-hydrogen) atoms. The van der Waals surface area contributed by atoms with Crippen molar-refractivity contribution in [3.63, 3.8) is 0 Å². The number of hydrogen-bond donors (Lipinski definition) is 3. The molecule has 1 aliphatic rings. The monoisotopic (exact) mass is 439 g/mol. The molecule has 3 rings (SSSR count). The minimum Gasteiger partial charge on any atom is -0.386 e. The molecule has 1 aliphatic heterocycles. The molecule has 0 bridgehead atoms. The number of aliphatic hydroxyl groups excluding tert-OH is 1. The van der Waals surface area contributed by atoms with Crippen LogP contribution in [0.3, 0.4) is 0 Å². The normalized spacial score (nSPS) is 23.5. The van der Waals surface area contributed by atoms with Gasteiger partial charge in [0.1, 0.15) is 6.10 Å². The second kappa shape index (κ2) is 9.73. The first-order valence-electron chi connectivity index (χ1n) is 10.1. The number of aryl methyl sites for hydroxylation is 1. The standard InChI is InChI=1S/C19H30N6O6/c1-11-12(9-13(26)24(5-7-29-3)6-8-30-4)15(27)18(31-11)25-10-23(2)14-16(25)21-19(20)22-17(14)28/h10-12,15,18,27H,5-9H2,1-4H3,(H2-,20,21,22,28)/p+1/t11-,12-,15-,18?/m1/s1. The zero-order chi connectivity index (χ0) is 22.7. The molecule has 0 aromatic carbocycles. The number of H-pyrrole nitrogens is 1. The molecule has 1 amide bonds. The summed E-state index contributed by atoms with van der Waals surface area (Å²) in [5.41, 5.74) is 5.93. The minimum absolute atomic E-state index is 0.0309. The van der Waals surface area contributed by atoms with E-state index < -0.39 is 24.4 Å². The predicted octanol–water partition coefficient (Wildman–Crippen LogP) is -1.46. The number of hydrogen-bond acceptors (Lipinski definition) is 8. The number of nitrogens with one attached hydrogen (secondary N) is 1. The molecule has 0 saturated carbocycles. The highest BCUT2D eigenvalue weighted by atomic mass is 16.5. The molecule has 1 unspecified atom stereocenters. The van der Waals surface area contributed by atoms with Crippen molar-refractivity contribution < 1.29 is 28.7 Å². The number of aromatic amines is 1. The van der Waals surface area contributed by atoms with Gasteiger partial charge in [0.15, 0.2) is 6.33 Å². The van der Waals surface area contributed by atoms with Crippen LogP contribution in [0.1, 0.15) is 19.6 Å². The first kappa shape index (κ1) is 23.1. The van der Waals surface area contributed by atoms with Crippen LogP contribution in [0.2, 0.25) is 0 Å². The van der Waals surface area contributed by atoms with Crippen molar-refractivity contribution in [1.29, 1.82) is 0 Å². The van der Waals surface area contributed by atoms with Crippen LogP contribution < -0.4 is 15.9 Å². The van der Waals surface area contributed by atoms with Gasteiger partial charge in [0.2, 0.25) is 17.7 Å². The largest absolute Gasteiger partial charge is 0.386 e. The summed E-state index contributed by atoms with van der Waals surface area (Å²) in [4.78, 5) is 33.5. The summed E-state index contributed by atoms with van der Waals surface area (Å²) in [6.45, 7) is 3.50. The number of nitrogen functional groups attached to an aromatic ring is 1. The van der Waals surface area contributed by atoms with Crippen LogP contribution in [0.5, 0.6) is 0 Å². The number of anilines is 1. The van der Waals surface area contributed by atoms with Crippen LogP contribution >= 0.6 is 0 Å². The van der Waals surface area contributed by atoms with Crippen LogP contribution in [0.4, 0.5) is 5.95 Å². The molecule has 2 aromatic rings. The van der Waals surface area contributed by atoms with Crippen molar-refractivity contribution in [2.24, 2.45) is 13.0 Å². The van der Waals surface area contributed by atoms with Crippen molar-refractivity contribution in [3.8, 4) is 0 Å². The maximum absolute atomic E-state index is 12.9. The zero-order valence-electron chi connectivity index (χ0n) is 18.3. The summed E-state index contributed by atoms with van der Waals surface area (Å²) in [7, 11) is 4.85. The quantitative estimate of drug-likeness (QED) is 0.401. The van der Waals surface area contributed by atoms with Gasteiger partial charge in [-0.1, -0.05) is 4.98 Å². The van der Waals surface area contributed by atoms with Gasteiger partial charge in [-0.2, -0.15) is 0 Å². The van der Waals surface area contributed by atoms with Crippen LogP contribution in [0.15, 0.2) is 11.1 Å². The van der Waals surface area contributed by atoms with Crippen LogP contribution in [-0.4, -0.2) is 83.2 Å². The lowest BCUT2D eigenvalue weighted by molar-refractivity contribution is -0.745. The summed E-state index contributed by atoms with van der Waals surface area (Å²) in [6, 6.07) is 0. The van der Waals surface area contributed by atoms with Crippen molar-refractivity contribution in [2.75, 3.05) is 46.3 Å². The summed E-state index contributed by atoms with van der Waals surface area (Å²) in [6.07, 6.45) is -0.452. The van der Waals surface area contributed by atoms with E-state index in [2.05, 4.69) is 9.97 Å². The van der Waals surface area contributed by atoms with Gasteiger partial charge in [-0.05, 0) is 6.92 Å². The second-order valence-corrected chi connectivity index (χ2v) is 7.71. The van der Waals surface area contributed by atoms with Gasteiger partial charge in [0.25, 0.3) is 11.5 Å². The van der Waals surface area contributed by atoms with E-state index in [4.69, 9.17) is 19.9 Å². The highest BCUT2D eigenvalue weighted by molar-refractivity contribution is 5.76. The molecule has 2 aromatic heterocycles. The van der Waals surface area contributed by atoms with E-state index in [9.17, 15) is 14.7 Å². The van der Waals surface area contributed by atoms with Crippen molar-refractivity contribution in [3.05, 3.63) is 16.7 Å². The van der Waals surface area contributed by atoms with E-state index in [1.807, 2.05) is 6.92 Å². The summed E-state index contributed by atoms with van der Waals surface area (Å²) in [5, 5.41) is 11.0. The average molecular weight is 439 g/mol. The molecule has 0 spiro atoms. The highest BCUT2D eigenvalue weighted by Crippen LogP contribution is 2.34. The Morgan fingerprint density at radius 2 is 2.03 bits per heavy atom. The molecule has 12 nitrogen and oxygen atoms in total.